The summed E-state index contributed by atoms with van der Waals surface area (Å²) in [6.07, 6.45) is 26.3. The van der Waals surface area contributed by atoms with Crippen LogP contribution in [0.5, 0.6) is 0 Å². The fraction of sp³-hybridized carbons (Fsp3) is 0.913. The lowest BCUT2D eigenvalue weighted by Gasteiger charge is -2.40. The molecule has 0 saturated heterocycles. The van der Waals surface area contributed by atoms with E-state index in [1.165, 1.54) is 96.3 Å². The predicted octanol–water partition coefficient (Wildman–Crippen LogP) is 7.45. The number of unbranched alkanes of at least 4 members (excludes halogenated alkanes) is 2. The topological polar surface area (TPSA) is 9.23 Å². The van der Waals surface area contributed by atoms with Crippen molar-refractivity contribution in [3.63, 3.8) is 0 Å². The summed E-state index contributed by atoms with van der Waals surface area (Å²) < 4.78 is 6.03. The quantitative estimate of drug-likeness (QED) is 0.298. The van der Waals surface area contributed by atoms with Gasteiger partial charge in [0.05, 0.1) is 12.7 Å². The average molecular weight is 335 g/mol. The van der Waals surface area contributed by atoms with Crippen LogP contribution < -0.4 is 0 Å². The molecule has 0 atom stereocenters. The Morgan fingerprint density at radius 1 is 0.875 bits per heavy atom. The van der Waals surface area contributed by atoms with Gasteiger partial charge in [0.15, 0.2) is 0 Å². The lowest BCUT2D eigenvalue weighted by atomic mass is 9.65. The van der Waals surface area contributed by atoms with Gasteiger partial charge in [0, 0.05) is 0 Å². The fourth-order valence-corrected chi connectivity index (χ4v) is 5.02. The Labute approximate surface area is 151 Å². The molecule has 24 heavy (non-hydrogen) atoms. The van der Waals surface area contributed by atoms with Gasteiger partial charge in [0.2, 0.25) is 0 Å². The highest BCUT2D eigenvalue weighted by Gasteiger charge is 2.33. The summed E-state index contributed by atoms with van der Waals surface area (Å²) in [5.41, 5.74) is 0.687. The van der Waals surface area contributed by atoms with E-state index in [4.69, 9.17) is 4.74 Å². The molecule has 0 heterocycles. The molecule has 1 heteroatoms. The normalized spacial score (nSPS) is 29.3. The van der Waals surface area contributed by atoms with Crippen molar-refractivity contribution in [3.8, 4) is 0 Å². The number of ether oxygens (including phenoxy) is 1. The minimum absolute atomic E-state index is 0.547. The summed E-state index contributed by atoms with van der Waals surface area (Å²) in [7, 11) is 0. The molecule has 0 radical (unpaired) electrons. The van der Waals surface area contributed by atoms with Gasteiger partial charge in [-0.25, -0.2) is 0 Å². The van der Waals surface area contributed by atoms with E-state index in [0.29, 0.717) is 11.5 Å². The zero-order valence-corrected chi connectivity index (χ0v) is 16.5. The highest BCUT2D eigenvalue weighted by atomic mass is 16.5. The molecule has 0 aromatic carbocycles. The number of hydrogen-bond donors (Lipinski definition) is 0. The molecule has 2 saturated carbocycles. The second kappa shape index (κ2) is 11.3. The highest BCUT2D eigenvalue weighted by Crippen LogP contribution is 2.46. The molecule has 2 aliphatic rings. The van der Waals surface area contributed by atoms with E-state index in [1.54, 1.807) is 0 Å². The standard InChI is InChI=1S/C23H42O/c1-3-5-9-17-23(16-4-2)18-14-21(15-19-23)11-10-20-24-22-12-7-6-8-13-22/h10-11,21-22H,3-9,12-20H2,1-2H3/b11-10+. The fourth-order valence-electron chi connectivity index (χ4n) is 5.02. The van der Waals surface area contributed by atoms with E-state index in [-0.39, 0.29) is 0 Å². The van der Waals surface area contributed by atoms with Gasteiger partial charge in [-0.05, 0) is 62.7 Å². The molecule has 2 aliphatic carbocycles. The largest absolute Gasteiger partial charge is 0.374 e. The summed E-state index contributed by atoms with van der Waals surface area (Å²) >= 11 is 0. The molecular weight excluding hydrogens is 292 g/mol. The molecule has 0 aromatic rings. The van der Waals surface area contributed by atoms with Crippen LogP contribution in [-0.2, 0) is 4.74 Å². The van der Waals surface area contributed by atoms with Crippen molar-refractivity contribution in [2.45, 2.75) is 116 Å². The van der Waals surface area contributed by atoms with Crippen LogP contribution in [0.15, 0.2) is 12.2 Å². The van der Waals surface area contributed by atoms with Gasteiger partial charge >= 0.3 is 0 Å². The molecule has 0 N–H and O–H groups in total. The lowest BCUT2D eigenvalue weighted by molar-refractivity contribution is 0.0462. The van der Waals surface area contributed by atoms with E-state index >= 15 is 0 Å². The van der Waals surface area contributed by atoms with Gasteiger partial charge < -0.3 is 4.74 Å². The van der Waals surface area contributed by atoms with Gasteiger partial charge in [-0.2, -0.15) is 0 Å². The second-order valence-electron chi connectivity index (χ2n) is 8.57. The molecule has 0 aromatic heterocycles. The first kappa shape index (κ1) is 20.0. The molecule has 0 bridgehead atoms. The van der Waals surface area contributed by atoms with Crippen LogP contribution >= 0.6 is 0 Å². The van der Waals surface area contributed by atoms with Crippen molar-refractivity contribution in [1.29, 1.82) is 0 Å². The highest BCUT2D eigenvalue weighted by molar-refractivity contribution is 4.95. The third-order valence-corrected chi connectivity index (χ3v) is 6.57. The van der Waals surface area contributed by atoms with Gasteiger partial charge in [-0.1, -0.05) is 70.9 Å². The van der Waals surface area contributed by atoms with Crippen LogP contribution in [0, 0.1) is 11.3 Å². The molecule has 0 aliphatic heterocycles. The van der Waals surface area contributed by atoms with Gasteiger partial charge in [-0.15, -0.1) is 0 Å². The molecule has 2 fully saturated rings. The van der Waals surface area contributed by atoms with Crippen LogP contribution in [0.2, 0.25) is 0 Å². The van der Waals surface area contributed by atoms with Crippen LogP contribution in [0.4, 0.5) is 0 Å². The average Bonchev–Trinajstić information content (AvgIpc) is 2.62. The van der Waals surface area contributed by atoms with Gasteiger partial charge in [0.25, 0.3) is 0 Å². The summed E-state index contributed by atoms with van der Waals surface area (Å²) in [5.74, 6) is 0.816. The number of hydrogen-bond acceptors (Lipinski definition) is 1. The molecule has 140 valence electrons. The Kier molecular flexibility index (Phi) is 9.46. The Morgan fingerprint density at radius 2 is 1.62 bits per heavy atom. The van der Waals surface area contributed by atoms with Crippen LogP contribution in [0.3, 0.4) is 0 Å². The smallest absolute Gasteiger partial charge is 0.0651 e. The van der Waals surface area contributed by atoms with Crippen molar-refractivity contribution in [2.75, 3.05) is 6.61 Å². The first-order valence-electron chi connectivity index (χ1n) is 11.1. The summed E-state index contributed by atoms with van der Waals surface area (Å²) in [6, 6.07) is 0. The summed E-state index contributed by atoms with van der Waals surface area (Å²) in [5, 5.41) is 0. The maximum atomic E-state index is 6.03. The van der Waals surface area contributed by atoms with Crippen molar-refractivity contribution in [2.24, 2.45) is 11.3 Å². The lowest BCUT2D eigenvalue weighted by Crippen LogP contribution is -2.27. The molecule has 2 rings (SSSR count). The summed E-state index contributed by atoms with van der Waals surface area (Å²) in [4.78, 5) is 0. The molecular formula is C23H42O. The Morgan fingerprint density at radius 3 is 2.29 bits per heavy atom. The molecule has 0 unspecified atom stereocenters. The minimum Gasteiger partial charge on any atom is -0.374 e. The van der Waals surface area contributed by atoms with Crippen LogP contribution in [0.1, 0.15) is 110 Å². The van der Waals surface area contributed by atoms with Crippen LogP contribution in [-0.4, -0.2) is 12.7 Å². The Hall–Kier alpha value is -0.300. The van der Waals surface area contributed by atoms with E-state index in [9.17, 15) is 0 Å². The van der Waals surface area contributed by atoms with Crippen LogP contribution in [0.25, 0.3) is 0 Å². The molecule has 0 spiro atoms. The second-order valence-corrected chi connectivity index (χ2v) is 8.57. The monoisotopic (exact) mass is 334 g/mol. The first-order chi connectivity index (χ1) is 11.8. The third kappa shape index (κ3) is 6.90. The first-order valence-corrected chi connectivity index (χ1v) is 11.1. The van der Waals surface area contributed by atoms with Gasteiger partial charge in [0.1, 0.15) is 0 Å². The van der Waals surface area contributed by atoms with Crippen molar-refractivity contribution in [3.05, 3.63) is 12.2 Å². The van der Waals surface area contributed by atoms with E-state index < -0.39 is 0 Å². The van der Waals surface area contributed by atoms with E-state index in [1.807, 2.05) is 0 Å². The SMILES string of the molecule is CCCCCC1(CCC)CCC(/C=C/COC2CCCCC2)CC1. The Balaban J connectivity index is 1.66. The zero-order valence-electron chi connectivity index (χ0n) is 16.5. The van der Waals surface area contributed by atoms with Crippen molar-refractivity contribution in [1.82, 2.24) is 0 Å². The number of rotatable bonds is 10. The predicted molar refractivity (Wildman–Crippen MR) is 105 cm³/mol. The maximum Gasteiger partial charge on any atom is 0.0651 e. The molecule has 0 amide bonds. The van der Waals surface area contributed by atoms with E-state index in [2.05, 4.69) is 26.0 Å². The maximum absolute atomic E-state index is 6.03. The van der Waals surface area contributed by atoms with Crippen molar-refractivity contribution < 1.29 is 4.74 Å². The minimum atomic E-state index is 0.547. The number of allylic oxidation sites excluding steroid dienone is 1. The summed E-state index contributed by atoms with van der Waals surface area (Å²) in [6.45, 7) is 5.54. The zero-order chi connectivity index (χ0) is 17.1. The Bertz CT molecular complexity index is 332. The van der Waals surface area contributed by atoms with Gasteiger partial charge in [-0.3, -0.25) is 0 Å². The third-order valence-electron chi connectivity index (χ3n) is 6.57. The van der Waals surface area contributed by atoms with E-state index in [0.717, 1.165) is 12.5 Å². The van der Waals surface area contributed by atoms with Crippen molar-refractivity contribution >= 4 is 0 Å². The molecule has 1 nitrogen and oxygen atoms in total.